The molecule has 0 aliphatic rings. The molecule has 8 nitrogen and oxygen atoms in total. The van der Waals surface area contributed by atoms with Gasteiger partial charge in [-0.2, -0.15) is 4.39 Å². The van der Waals surface area contributed by atoms with Crippen molar-refractivity contribution >= 4 is 17.5 Å². The summed E-state index contributed by atoms with van der Waals surface area (Å²) in [5, 5.41) is 2.42. The van der Waals surface area contributed by atoms with Crippen LogP contribution in [0, 0.1) is 24.4 Å². The van der Waals surface area contributed by atoms with E-state index in [4.69, 9.17) is 19.9 Å². The standard InChI is InChI=1S/C22H18F3N3O5/c1-10-15(31-2)9-16(33-14-5-4-12(23)19(25)20(14)32-3)17(18(10)24)22(30)28-11-6-7-27-13(8-11)21(26)29/h4-9H,1-3H3,(H2,26,29)(H,27,28,30). The van der Waals surface area contributed by atoms with Crippen LogP contribution in [0.25, 0.3) is 0 Å². The van der Waals surface area contributed by atoms with E-state index in [-0.39, 0.29) is 34.2 Å². The Bertz CT molecular complexity index is 1250. The molecule has 2 aromatic carbocycles. The largest absolute Gasteiger partial charge is 0.496 e. The third kappa shape index (κ3) is 4.66. The first-order valence-corrected chi connectivity index (χ1v) is 9.32. The highest BCUT2D eigenvalue weighted by molar-refractivity contribution is 6.07. The number of benzene rings is 2. The Kier molecular flexibility index (Phi) is 6.71. The molecule has 1 heterocycles. The molecule has 0 spiro atoms. The summed E-state index contributed by atoms with van der Waals surface area (Å²) in [6.45, 7) is 1.38. The minimum absolute atomic E-state index is 0.000181. The van der Waals surface area contributed by atoms with Crippen LogP contribution in [-0.4, -0.2) is 31.0 Å². The SMILES string of the molecule is COc1cc(Oc2ccc(F)c(F)c2OC)c(C(=O)Nc2ccnc(C(N)=O)c2)c(F)c1C. The van der Waals surface area contributed by atoms with Gasteiger partial charge in [-0.1, -0.05) is 0 Å². The monoisotopic (exact) mass is 461 g/mol. The van der Waals surface area contributed by atoms with Gasteiger partial charge in [-0.25, -0.2) is 8.78 Å². The van der Waals surface area contributed by atoms with Gasteiger partial charge in [0.2, 0.25) is 11.6 Å². The van der Waals surface area contributed by atoms with E-state index in [1.54, 1.807) is 0 Å². The number of hydrogen-bond donors (Lipinski definition) is 2. The molecular formula is C22H18F3N3O5. The molecule has 0 bridgehead atoms. The normalized spacial score (nSPS) is 10.5. The Morgan fingerprint density at radius 1 is 0.970 bits per heavy atom. The second kappa shape index (κ2) is 9.47. The Morgan fingerprint density at radius 2 is 1.70 bits per heavy atom. The number of nitrogens with one attached hydrogen (secondary N) is 1. The second-order valence-electron chi connectivity index (χ2n) is 6.63. The lowest BCUT2D eigenvalue weighted by Crippen LogP contribution is -2.18. The van der Waals surface area contributed by atoms with Crippen LogP contribution in [0.1, 0.15) is 26.4 Å². The van der Waals surface area contributed by atoms with Crippen molar-refractivity contribution < 1.29 is 37.0 Å². The highest BCUT2D eigenvalue weighted by Gasteiger charge is 2.26. The van der Waals surface area contributed by atoms with E-state index in [2.05, 4.69) is 10.3 Å². The number of nitrogens with two attached hydrogens (primary N) is 1. The fraction of sp³-hybridized carbons (Fsp3) is 0.136. The maximum atomic E-state index is 15.2. The summed E-state index contributed by atoms with van der Waals surface area (Å²) in [5.74, 6) is -6.49. The third-order valence-electron chi connectivity index (χ3n) is 4.58. The summed E-state index contributed by atoms with van der Waals surface area (Å²) in [7, 11) is 2.38. The van der Waals surface area contributed by atoms with Crippen molar-refractivity contribution in [2.24, 2.45) is 5.73 Å². The number of rotatable bonds is 7. The van der Waals surface area contributed by atoms with Crippen molar-refractivity contribution in [3.8, 4) is 23.0 Å². The van der Waals surface area contributed by atoms with Crippen LogP contribution in [-0.2, 0) is 0 Å². The average molecular weight is 461 g/mol. The number of anilines is 1. The fourth-order valence-corrected chi connectivity index (χ4v) is 2.95. The molecule has 0 radical (unpaired) electrons. The van der Waals surface area contributed by atoms with Crippen LogP contribution in [0.2, 0.25) is 0 Å². The van der Waals surface area contributed by atoms with Crippen molar-refractivity contribution in [3.05, 3.63) is 70.8 Å². The molecule has 0 saturated heterocycles. The molecule has 0 fully saturated rings. The van der Waals surface area contributed by atoms with E-state index < -0.39 is 40.6 Å². The first-order valence-electron chi connectivity index (χ1n) is 9.32. The predicted octanol–water partition coefficient (Wildman–Crippen LogP) is 3.97. The lowest BCUT2D eigenvalue weighted by atomic mass is 10.1. The van der Waals surface area contributed by atoms with E-state index >= 15 is 4.39 Å². The molecule has 0 aliphatic carbocycles. The van der Waals surface area contributed by atoms with Gasteiger partial charge in [-0.3, -0.25) is 14.6 Å². The topological polar surface area (TPSA) is 113 Å². The Hall–Kier alpha value is -4.28. The molecule has 33 heavy (non-hydrogen) atoms. The number of hydrogen-bond acceptors (Lipinski definition) is 6. The van der Waals surface area contributed by atoms with Crippen LogP contribution in [0.15, 0.2) is 36.5 Å². The van der Waals surface area contributed by atoms with Gasteiger partial charge in [0, 0.05) is 23.5 Å². The minimum Gasteiger partial charge on any atom is -0.496 e. The maximum Gasteiger partial charge on any atom is 0.267 e. The quantitative estimate of drug-likeness (QED) is 0.551. The lowest BCUT2D eigenvalue weighted by Gasteiger charge is -2.17. The van der Waals surface area contributed by atoms with Gasteiger partial charge in [-0.15, -0.1) is 0 Å². The van der Waals surface area contributed by atoms with Crippen LogP contribution in [0.4, 0.5) is 18.9 Å². The van der Waals surface area contributed by atoms with E-state index in [0.29, 0.717) is 0 Å². The molecule has 0 unspecified atom stereocenters. The van der Waals surface area contributed by atoms with Crippen LogP contribution < -0.4 is 25.3 Å². The zero-order valence-corrected chi connectivity index (χ0v) is 17.7. The van der Waals surface area contributed by atoms with Gasteiger partial charge in [0.05, 0.1) is 14.2 Å². The highest BCUT2D eigenvalue weighted by atomic mass is 19.2. The molecule has 11 heteroatoms. The van der Waals surface area contributed by atoms with Crippen molar-refractivity contribution in [2.75, 3.05) is 19.5 Å². The summed E-state index contributed by atoms with van der Waals surface area (Å²) < 4.78 is 58.4. The number of nitrogens with zero attached hydrogens (tertiary/aromatic N) is 1. The van der Waals surface area contributed by atoms with Gasteiger partial charge >= 0.3 is 0 Å². The molecule has 172 valence electrons. The Balaban J connectivity index is 2.09. The molecule has 2 amide bonds. The number of amides is 2. The number of carbonyl (C=O) groups excluding carboxylic acids is 2. The summed E-state index contributed by atoms with van der Waals surface area (Å²) >= 11 is 0. The van der Waals surface area contributed by atoms with Crippen LogP contribution >= 0.6 is 0 Å². The lowest BCUT2D eigenvalue weighted by molar-refractivity contribution is 0.0991. The molecule has 0 aliphatic heterocycles. The number of methoxy groups -OCH3 is 2. The van der Waals surface area contributed by atoms with Gasteiger partial charge < -0.3 is 25.3 Å². The summed E-state index contributed by atoms with van der Waals surface area (Å²) in [5.41, 5.74) is 4.61. The van der Waals surface area contributed by atoms with Gasteiger partial charge in [0.1, 0.15) is 28.6 Å². The van der Waals surface area contributed by atoms with Crippen LogP contribution in [0.3, 0.4) is 0 Å². The zero-order chi connectivity index (χ0) is 24.3. The number of ether oxygens (including phenoxy) is 3. The molecule has 0 saturated carbocycles. The second-order valence-corrected chi connectivity index (χ2v) is 6.63. The fourth-order valence-electron chi connectivity index (χ4n) is 2.95. The number of carbonyl (C=O) groups is 2. The maximum absolute atomic E-state index is 15.2. The minimum atomic E-state index is -1.32. The molecule has 3 aromatic rings. The van der Waals surface area contributed by atoms with E-state index in [1.807, 2.05) is 0 Å². The van der Waals surface area contributed by atoms with E-state index in [9.17, 15) is 18.4 Å². The molecule has 3 rings (SSSR count). The van der Waals surface area contributed by atoms with E-state index in [0.717, 1.165) is 19.2 Å². The summed E-state index contributed by atoms with van der Waals surface area (Å²) in [4.78, 5) is 28.1. The number of pyridine rings is 1. The van der Waals surface area contributed by atoms with Crippen molar-refractivity contribution in [1.29, 1.82) is 0 Å². The van der Waals surface area contributed by atoms with Gasteiger partial charge in [0.25, 0.3) is 11.8 Å². The van der Waals surface area contributed by atoms with E-state index in [1.165, 1.54) is 38.4 Å². The Labute approximate surface area is 186 Å². The molecular weight excluding hydrogens is 443 g/mol. The van der Waals surface area contributed by atoms with Gasteiger partial charge in [-0.05, 0) is 31.2 Å². The zero-order valence-electron chi connectivity index (χ0n) is 17.7. The van der Waals surface area contributed by atoms with Crippen molar-refractivity contribution in [2.45, 2.75) is 6.92 Å². The molecule has 1 aromatic heterocycles. The van der Waals surface area contributed by atoms with Gasteiger partial charge in [0.15, 0.2) is 11.6 Å². The summed E-state index contributed by atoms with van der Waals surface area (Å²) in [6, 6.07) is 5.63. The molecule has 0 atom stereocenters. The van der Waals surface area contributed by atoms with Crippen molar-refractivity contribution in [3.63, 3.8) is 0 Å². The Morgan fingerprint density at radius 3 is 2.33 bits per heavy atom. The number of aromatic nitrogens is 1. The molecule has 3 N–H and O–H groups in total. The summed E-state index contributed by atoms with van der Waals surface area (Å²) in [6.07, 6.45) is 1.23. The number of primary amides is 1. The predicted molar refractivity (Wildman–Crippen MR) is 111 cm³/mol. The number of halogens is 3. The highest BCUT2D eigenvalue weighted by Crippen LogP contribution is 2.40. The first kappa shape index (κ1) is 23.4. The van der Waals surface area contributed by atoms with Crippen LogP contribution in [0.5, 0.6) is 23.0 Å². The smallest absolute Gasteiger partial charge is 0.267 e. The van der Waals surface area contributed by atoms with Crippen molar-refractivity contribution in [1.82, 2.24) is 4.98 Å². The first-order chi connectivity index (χ1) is 15.7. The third-order valence-corrected chi connectivity index (χ3v) is 4.58. The average Bonchev–Trinajstić information content (AvgIpc) is 2.79.